The van der Waals surface area contributed by atoms with E-state index in [0.29, 0.717) is 0 Å². The Balaban J connectivity index is 0. The Labute approximate surface area is 130 Å². The van der Waals surface area contributed by atoms with Gasteiger partial charge in [0.1, 0.15) is 0 Å². The van der Waals surface area contributed by atoms with Crippen LogP contribution in [0.15, 0.2) is 0 Å². The van der Waals surface area contributed by atoms with Gasteiger partial charge in [0.05, 0.1) is 0 Å². The maximum absolute atomic E-state index is 0. The Morgan fingerprint density at radius 3 is 0.286 bits per heavy atom. The van der Waals surface area contributed by atoms with E-state index < -0.39 is 0 Å². The van der Waals surface area contributed by atoms with Crippen molar-refractivity contribution in [3.05, 3.63) is 0 Å². The molecule has 0 spiro atoms. The van der Waals surface area contributed by atoms with Crippen molar-refractivity contribution >= 4 is 0 Å². The number of halogens is 6. The van der Waals surface area contributed by atoms with Crippen molar-refractivity contribution in [3.63, 3.8) is 0 Å². The van der Waals surface area contributed by atoms with Crippen molar-refractivity contribution in [2.45, 2.75) is 0 Å². The smallest absolute Gasteiger partial charge is 0 e. The SMILES string of the molecule is [Br-].[Br-].[Br-].[Br-].[Br-].[Br-].[U]. The maximum Gasteiger partial charge on any atom is 0 e. The van der Waals surface area contributed by atoms with E-state index in [1.165, 1.54) is 0 Å². The van der Waals surface area contributed by atoms with Crippen LogP contribution in [-0.4, -0.2) is 0 Å². The summed E-state index contributed by atoms with van der Waals surface area (Å²) in [6.45, 7) is 0. The monoisotopic (exact) mass is 712 g/mol. The van der Waals surface area contributed by atoms with Gasteiger partial charge in [0.15, 0.2) is 0 Å². The summed E-state index contributed by atoms with van der Waals surface area (Å²) in [5.74, 6) is 0. The molecular weight excluding hydrogens is 717 g/mol. The third-order valence-electron chi connectivity index (χ3n) is 0. The molecule has 0 rings (SSSR count). The van der Waals surface area contributed by atoms with Crippen molar-refractivity contribution in [2.75, 3.05) is 0 Å². The predicted octanol–water partition coefficient (Wildman–Crippen LogP) is -18.0. The third-order valence-corrected chi connectivity index (χ3v) is 0. The minimum absolute atomic E-state index is 0. The van der Waals surface area contributed by atoms with Crippen molar-refractivity contribution in [1.29, 1.82) is 0 Å². The zero-order valence-electron chi connectivity index (χ0n) is 2.77. The molecule has 0 amide bonds. The van der Waals surface area contributed by atoms with Crippen LogP contribution in [0.1, 0.15) is 0 Å². The normalized spacial score (nSPS) is 0. The first-order valence-corrected chi connectivity index (χ1v) is 0. The summed E-state index contributed by atoms with van der Waals surface area (Å²) in [5, 5.41) is 0. The zero-order valence-corrected chi connectivity index (χ0v) is 16.4. The first-order chi connectivity index (χ1) is 0. The van der Waals surface area contributed by atoms with Gasteiger partial charge in [-0.25, -0.2) is 0 Å². The van der Waals surface area contributed by atoms with Crippen molar-refractivity contribution < 1.29 is 133 Å². The number of hydrogen-bond donors (Lipinski definition) is 0. The van der Waals surface area contributed by atoms with Gasteiger partial charge in [-0.15, -0.1) is 0 Å². The fourth-order valence-corrected chi connectivity index (χ4v) is 0. The van der Waals surface area contributed by atoms with E-state index >= 15 is 0 Å². The molecular formula is Br6U-6. The summed E-state index contributed by atoms with van der Waals surface area (Å²) in [6, 6.07) is 0. The fraction of sp³-hybridized carbons (Fsp3) is 0. The predicted molar refractivity (Wildman–Crippen MR) is 0 cm³/mol. The van der Waals surface area contributed by atoms with Crippen LogP contribution in [0.25, 0.3) is 0 Å². The Hall–Kier alpha value is 3.93. The van der Waals surface area contributed by atoms with Gasteiger partial charge in [0.2, 0.25) is 0 Å². The average Bonchev–Trinajstić information content (AvgIpc) is 0. The molecule has 0 nitrogen and oxygen atoms in total. The molecule has 52 valence electrons. The number of rotatable bonds is 0. The second-order valence-electron chi connectivity index (χ2n) is 0. The summed E-state index contributed by atoms with van der Waals surface area (Å²) < 4.78 is 0. The quantitative estimate of drug-likeness (QED) is 0.234. The maximum atomic E-state index is 0. The van der Waals surface area contributed by atoms with Crippen molar-refractivity contribution in [3.8, 4) is 0 Å². The van der Waals surface area contributed by atoms with Crippen molar-refractivity contribution in [2.24, 2.45) is 0 Å². The first-order valence-electron chi connectivity index (χ1n) is 0. The molecule has 0 aromatic carbocycles. The van der Waals surface area contributed by atoms with Crippen LogP contribution in [-0.2, 0) is 0 Å². The molecule has 0 heterocycles. The van der Waals surface area contributed by atoms with Gasteiger partial charge < -0.3 is 102 Å². The molecule has 0 saturated carbocycles. The van der Waals surface area contributed by atoms with E-state index in [4.69, 9.17) is 0 Å². The molecule has 0 radical (unpaired) electrons. The van der Waals surface area contributed by atoms with Gasteiger partial charge in [-0.1, -0.05) is 0 Å². The molecule has 0 aromatic heterocycles. The Morgan fingerprint density at radius 2 is 0.286 bits per heavy atom. The van der Waals surface area contributed by atoms with Gasteiger partial charge in [-0.3, -0.25) is 0 Å². The van der Waals surface area contributed by atoms with Gasteiger partial charge in [-0.05, 0) is 0 Å². The van der Waals surface area contributed by atoms with Crippen LogP contribution in [0.5, 0.6) is 0 Å². The van der Waals surface area contributed by atoms with Crippen LogP contribution in [0.4, 0.5) is 0 Å². The van der Waals surface area contributed by atoms with Gasteiger partial charge in [-0.2, -0.15) is 0 Å². The van der Waals surface area contributed by atoms with E-state index in [9.17, 15) is 0 Å². The summed E-state index contributed by atoms with van der Waals surface area (Å²) in [5.41, 5.74) is 0. The Kier molecular flexibility index (Phi) is 511. The molecule has 0 aliphatic carbocycles. The second-order valence-corrected chi connectivity index (χ2v) is 0. The van der Waals surface area contributed by atoms with Crippen LogP contribution in [0, 0.1) is 31.1 Å². The molecule has 0 aliphatic rings. The summed E-state index contributed by atoms with van der Waals surface area (Å²) in [7, 11) is 0. The minimum Gasteiger partial charge on any atom is -1.00 e. The van der Waals surface area contributed by atoms with E-state index in [1.54, 1.807) is 0 Å². The standard InChI is InChI=1S/6BrH.U/h6*1H;/p-6. The Morgan fingerprint density at radius 1 is 0.286 bits per heavy atom. The van der Waals surface area contributed by atoms with Crippen LogP contribution in [0.3, 0.4) is 0 Å². The molecule has 0 fully saturated rings. The summed E-state index contributed by atoms with van der Waals surface area (Å²) >= 11 is 0. The fourth-order valence-electron chi connectivity index (χ4n) is 0. The topological polar surface area (TPSA) is 0 Å². The molecule has 0 aromatic rings. The van der Waals surface area contributed by atoms with E-state index in [1.807, 2.05) is 0 Å². The molecule has 0 unspecified atom stereocenters. The van der Waals surface area contributed by atoms with Crippen LogP contribution in [0.2, 0.25) is 0 Å². The summed E-state index contributed by atoms with van der Waals surface area (Å²) in [4.78, 5) is 0. The van der Waals surface area contributed by atoms with Gasteiger partial charge >= 0.3 is 0 Å². The minimum atomic E-state index is 0. The number of hydrogen-bond acceptors (Lipinski definition) is 0. The van der Waals surface area contributed by atoms with E-state index in [0.717, 1.165) is 0 Å². The van der Waals surface area contributed by atoms with Gasteiger partial charge in [0.25, 0.3) is 0 Å². The molecule has 0 bridgehead atoms. The molecule has 0 saturated heterocycles. The van der Waals surface area contributed by atoms with Crippen LogP contribution < -0.4 is 102 Å². The van der Waals surface area contributed by atoms with Gasteiger partial charge in [0, 0.05) is 31.1 Å². The molecule has 0 aliphatic heterocycles. The van der Waals surface area contributed by atoms with E-state index in [2.05, 4.69) is 0 Å². The molecule has 0 N–H and O–H groups in total. The average molecular weight is 717 g/mol. The van der Waals surface area contributed by atoms with E-state index in [-0.39, 0.29) is 133 Å². The molecule has 7 heteroatoms. The first kappa shape index (κ1) is 69.8. The summed E-state index contributed by atoms with van der Waals surface area (Å²) in [6.07, 6.45) is 0. The Bertz CT molecular complexity index is 4.14. The second kappa shape index (κ2) is 51.3. The van der Waals surface area contributed by atoms with Crippen LogP contribution >= 0.6 is 0 Å². The third kappa shape index (κ3) is 40.4. The molecule has 0 atom stereocenters. The largest absolute Gasteiger partial charge is 1.00 e. The molecule has 7 heavy (non-hydrogen) atoms. The van der Waals surface area contributed by atoms with Crippen molar-refractivity contribution in [1.82, 2.24) is 0 Å². The zero-order chi connectivity index (χ0) is 0.